The Morgan fingerprint density at radius 3 is 2.51 bits per heavy atom. The lowest BCUT2D eigenvalue weighted by atomic mass is 10.0. The third-order valence-electron chi connectivity index (χ3n) is 6.37. The Morgan fingerprint density at radius 1 is 1.06 bits per heavy atom. The van der Waals surface area contributed by atoms with Gasteiger partial charge in [-0.1, -0.05) is 19.1 Å². The maximum Gasteiger partial charge on any atom is 0.323 e. The number of nitrogens with zero attached hydrogens (tertiary/aromatic N) is 2. The third kappa shape index (κ3) is 6.64. The molecule has 0 aromatic heterocycles. The Hall–Kier alpha value is -3.30. The number of carbonyl (C=O) groups excluding carboxylic acids is 2. The van der Waals surface area contributed by atoms with Gasteiger partial charge in [-0.2, -0.15) is 0 Å². The van der Waals surface area contributed by atoms with Crippen molar-refractivity contribution in [2.75, 3.05) is 58.6 Å². The topological polar surface area (TPSA) is 92.4 Å². The summed E-state index contributed by atoms with van der Waals surface area (Å²) < 4.78 is 17.1. The Kier molecular flexibility index (Phi) is 8.95. The molecule has 0 radical (unpaired) electrons. The standard InChI is InChI=1S/C26H36N4O5/c1-17-14-29(3)18(2)16-35-22-12-11-19(13-20(22)25(31)30(4)15-24(17)34-6)27-26(32)28-21-9-7-8-10-23(21)33-5/h7-13,17-18,24H,14-16H2,1-6H3,(H2,27,28,32)/t17-,18-,24-/m1/s1. The Bertz CT molecular complexity index is 1030. The molecule has 9 nitrogen and oxygen atoms in total. The molecular weight excluding hydrogens is 448 g/mol. The van der Waals surface area contributed by atoms with Crippen LogP contribution in [0.5, 0.6) is 11.5 Å². The minimum absolute atomic E-state index is 0.115. The molecule has 0 spiro atoms. The fourth-order valence-corrected chi connectivity index (χ4v) is 4.07. The number of rotatable bonds is 4. The van der Waals surface area contributed by atoms with Crippen molar-refractivity contribution in [3.05, 3.63) is 48.0 Å². The van der Waals surface area contributed by atoms with Crippen molar-refractivity contribution < 1.29 is 23.8 Å². The lowest BCUT2D eigenvalue weighted by molar-refractivity contribution is 0.0150. The molecule has 0 saturated carbocycles. The van der Waals surface area contributed by atoms with Crippen molar-refractivity contribution in [2.24, 2.45) is 5.92 Å². The highest BCUT2D eigenvalue weighted by atomic mass is 16.5. The predicted molar refractivity (Wildman–Crippen MR) is 137 cm³/mol. The third-order valence-corrected chi connectivity index (χ3v) is 6.37. The monoisotopic (exact) mass is 484 g/mol. The van der Waals surface area contributed by atoms with Crippen LogP contribution in [-0.2, 0) is 4.74 Å². The maximum absolute atomic E-state index is 13.4. The SMILES string of the molecule is COc1ccccc1NC(=O)Nc1ccc2c(c1)C(=O)N(C)C[C@@H](OC)[C@H](C)CN(C)[C@H](C)CO2. The molecule has 9 heteroatoms. The molecular formula is C26H36N4O5. The number of ether oxygens (including phenoxy) is 3. The van der Waals surface area contributed by atoms with E-state index in [-0.39, 0.29) is 24.0 Å². The van der Waals surface area contributed by atoms with E-state index in [0.29, 0.717) is 41.6 Å². The first-order chi connectivity index (χ1) is 16.7. The van der Waals surface area contributed by atoms with Crippen LogP contribution in [0, 0.1) is 5.92 Å². The summed E-state index contributed by atoms with van der Waals surface area (Å²) >= 11 is 0. The van der Waals surface area contributed by atoms with Gasteiger partial charge in [0.1, 0.15) is 18.1 Å². The quantitative estimate of drug-likeness (QED) is 0.686. The van der Waals surface area contributed by atoms with Crippen LogP contribution < -0.4 is 20.1 Å². The molecule has 1 aliphatic heterocycles. The largest absolute Gasteiger partial charge is 0.495 e. The van der Waals surface area contributed by atoms with Crippen LogP contribution in [0.3, 0.4) is 0 Å². The van der Waals surface area contributed by atoms with Crippen LogP contribution in [0.2, 0.25) is 0 Å². The predicted octanol–water partition coefficient (Wildman–Crippen LogP) is 3.78. The van der Waals surface area contributed by atoms with E-state index in [1.165, 1.54) is 7.11 Å². The van der Waals surface area contributed by atoms with E-state index in [9.17, 15) is 9.59 Å². The van der Waals surface area contributed by atoms with Crippen molar-refractivity contribution in [2.45, 2.75) is 26.0 Å². The zero-order valence-electron chi connectivity index (χ0n) is 21.3. The van der Waals surface area contributed by atoms with Crippen LogP contribution in [0.4, 0.5) is 16.2 Å². The van der Waals surface area contributed by atoms with Gasteiger partial charge in [0.05, 0.1) is 24.5 Å². The normalized spacial score (nSPS) is 21.7. The van der Waals surface area contributed by atoms with Crippen molar-refractivity contribution in [3.8, 4) is 11.5 Å². The summed E-state index contributed by atoms with van der Waals surface area (Å²) in [7, 11) is 7.02. The van der Waals surface area contributed by atoms with E-state index >= 15 is 0 Å². The van der Waals surface area contributed by atoms with E-state index in [1.807, 2.05) is 6.07 Å². The highest BCUT2D eigenvalue weighted by Crippen LogP contribution is 2.27. The highest BCUT2D eigenvalue weighted by molar-refractivity contribution is 6.03. The van der Waals surface area contributed by atoms with Crippen molar-refractivity contribution in [1.82, 2.24) is 9.80 Å². The average Bonchev–Trinajstić information content (AvgIpc) is 2.85. The summed E-state index contributed by atoms with van der Waals surface area (Å²) in [5, 5.41) is 5.56. The molecule has 3 atom stereocenters. The van der Waals surface area contributed by atoms with Gasteiger partial charge in [-0.05, 0) is 50.2 Å². The fourth-order valence-electron chi connectivity index (χ4n) is 4.07. The second kappa shape index (κ2) is 11.9. The number of benzene rings is 2. The zero-order chi connectivity index (χ0) is 25.5. The highest BCUT2D eigenvalue weighted by Gasteiger charge is 2.27. The summed E-state index contributed by atoms with van der Waals surface area (Å²) in [5.74, 6) is 1.03. The van der Waals surface area contributed by atoms with Crippen molar-refractivity contribution in [3.63, 3.8) is 0 Å². The first-order valence-corrected chi connectivity index (χ1v) is 11.7. The van der Waals surface area contributed by atoms with E-state index in [2.05, 4.69) is 36.4 Å². The molecule has 2 N–H and O–H groups in total. The second-order valence-electron chi connectivity index (χ2n) is 9.03. The molecule has 0 fully saturated rings. The van der Waals surface area contributed by atoms with E-state index in [1.54, 1.807) is 55.5 Å². The number of hydrogen-bond donors (Lipinski definition) is 2. The summed E-state index contributed by atoms with van der Waals surface area (Å²) in [6.45, 7) is 5.89. The molecule has 35 heavy (non-hydrogen) atoms. The van der Waals surface area contributed by atoms with Gasteiger partial charge in [0.2, 0.25) is 0 Å². The van der Waals surface area contributed by atoms with Gasteiger partial charge in [0.15, 0.2) is 0 Å². The molecule has 2 aromatic carbocycles. The first-order valence-electron chi connectivity index (χ1n) is 11.7. The molecule has 3 rings (SSSR count). The number of hydrogen-bond acceptors (Lipinski definition) is 6. The van der Waals surface area contributed by atoms with E-state index < -0.39 is 6.03 Å². The molecule has 0 aliphatic carbocycles. The second-order valence-corrected chi connectivity index (χ2v) is 9.03. The summed E-state index contributed by atoms with van der Waals surface area (Å²) in [6, 6.07) is 11.9. The Morgan fingerprint density at radius 2 is 1.80 bits per heavy atom. The zero-order valence-corrected chi connectivity index (χ0v) is 21.3. The summed E-state index contributed by atoms with van der Waals surface area (Å²) in [4.78, 5) is 29.9. The van der Waals surface area contributed by atoms with Gasteiger partial charge in [-0.25, -0.2) is 4.79 Å². The Labute approximate surface area is 207 Å². The lowest BCUT2D eigenvalue weighted by Crippen LogP contribution is -2.45. The molecule has 1 aliphatic rings. The maximum atomic E-state index is 13.4. The number of likely N-dealkylation sites (N-methyl/N-ethyl adjacent to an activating group) is 2. The Balaban J connectivity index is 1.85. The molecule has 0 saturated heterocycles. The van der Waals surface area contributed by atoms with E-state index in [4.69, 9.17) is 14.2 Å². The number of amides is 3. The number of para-hydroxylation sites is 2. The first kappa shape index (κ1) is 26.3. The molecule has 1 heterocycles. The van der Waals surface area contributed by atoms with Crippen molar-refractivity contribution in [1.29, 1.82) is 0 Å². The summed E-state index contributed by atoms with van der Waals surface area (Å²) in [5.41, 5.74) is 1.38. The minimum atomic E-state index is -0.451. The molecule has 0 unspecified atom stereocenters. The molecule has 3 amide bonds. The van der Waals surface area contributed by atoms with Gasteiger partial charge < -0.3 is 29.7 Å². The number of urea groups is 1. The van der Waals surface area contributed by atoms with Crippen LogP contribution in [0.1, 0.15) is 24.2 Å². The lowest BCUT2D eigenvalue weighted by Gasteiger charge is -2.34. The van der Waals surface area contributed by atoms with Gasteiger partial charge in [-0.3, -0.25) is 9.69 Å². The molecule has 0 bridgehead atoms. The van der Waals surface area contributed by atoms with Gasteiger partial charge >= 0.3 is 6.03 Å². The number of carbonyl (C=O) groups is 2. The molecule has 190 valence electrons. The number of nitrogens with one attached hydrogen (secondary N) is 2. The average molecular weight is 485 g/mol. The van der Waals surface area contributed by atoms with Crippen LogP contribution >= 0.6 is 0 Å². The van der Waals surface area contributed by atoms with Crippen LogP contribution in [0.25, 0.3) is 0 Å². The van der Waals surface area contributed by atoms with Crippen LogP contribution in [0.15, 0.2) is 42.5 Å². The number of methoxy groups -OCH3 is 2. The van der Waals surface area contributed by atoms with Crippen LogP contribution in [-0.4, -0.2) is 81.9 Å². The smallest absolute Gasteiger partial charge is 0.323 e. The molecule has 2 aromatic rings. The number of fused-ring (bicyclic) bond motifs is 1. The minimum Gasteiger partial charge on any atom is -0.495 e. The van der Waals surface area contributed by atoms with Gasteiger partial charge in [-0.15, -0.1) is 0 Å². The van der Waals surface area contributed by atoms with E-state index in [0.717, 1.165) is 6.54 Å². The van der Waals surface area contributed by atoms with Crippen molar-refractivity contribution >= 4 is 23.3 Å². The fraction of sp³-hybridized carbons (Fsp3) is 0.462. The van der Waals surface area contributed by atoms with Gasteiger partial charge in [0.25, 0.3) is 5.91 Å². The number of anilines is 2. The van der Waals surface area contributed by atoms with Gasteiger partial charge in [0, 0.05) is 39.0 Å². The summed E-state index contributed by atoms with van der Waals surface area (Å²) in [6.07, 6.45) is -0.115.